The molecule has 0 N–H and O–H groups in total. The van der Waals surface area contributed by atoms with E-state index in [4.69, 9.17) is 0 Å². The number of hydrogen-bond acceptors (Lipinski definition) is 0. The average molecular weight is 167 g/mol. The molecule has 0 aliphatic heterocycles. The second-order valence-corrected chi connectivity index (χ2v) is 1.63. The summed E-state index contributed by atoms with van der Waals surface area (Å²) in [5.41, 5.74) is 0. The molecule has 0 aromatic rings. The maximum absolute atomic E-state index is 11.1. The van der Waals surface area contributed by atoms with Crippen LogP contribution in [0.4, 0.5) is 22.0 Å². The van der Waals surface area contributed by atoms with Crippen LogP contribution in [0.15, 0.2) is 0 Å². The van der Waals surface area contributed by atoms with Gasteiger partial charge in [0.05, 0.1) is 0 Å². The second kappa shape index (κ2) is 2.68. The predicted molar refractivity (Wildman–Crippen MR) is 21.2 cm³/mol. The molecule has 6 heteroatoms. The van der Waals surface area contributed by atoms with Crippen LogP contribution in [0.5, 0.6) is 0 Å². The van der Waals surface area contributed by atoms with Gasteiger partial charge in [0.2, 0.25) is 0 Å². The topological polar surface area (TPSA) is 0 Å². The van der Waals surface area contributed by atoms with Gasteiger partial charge >= 0.3 is 12.6 Å². The zero-order valence-electron chi connectivity index (χ0n) is 3.85. The lowest BCUT2D eigenvalue weighted by atomic mass is 10.4. The van der Waals surface area contributed by atoms with Crippen LogP contribution in [0.2, 0.25) is 0 Å². The Kier molecular flexibility index (Phi) is 2.66. The standard InChI is InChI=1S/C3HClF5/c4-1(2(5)6)3(7,8)9/h1H. The van der Waals surface area contributed by atoms with Crippen LogP contribution in [0.1, 0.15) is 0 Å². The summed E-state index contributed by atoms with van der Waals surface area (Å²) in [5, 5.41) is -3.13. The van der Waals surface area contributed by atoms with Crippen LogP contribution in [-0.2, 0) is 0 Å². The fraction of sp³-hybridized carbons (Fsp3) is 0.667. The highest BCUT2D eigenvalue weighted by Crippen LogP contribution is 2.32. The van der Waals surface area contributed by atoms with Gasteiger partial charge in [-0.25, -0.2) is 0 Å². The first-order valence-electron chi connectivity index (χ1n) is 1.74. The van der Waals surface area contributed by atoms with E-state index in [1.165, 1.54) is 0 Å². The van der Waals surface area contributed by atoms with Crippen LogP contribution in [0, 0.1) is 6.43 Å². The van der Waals surface area contributed by atoms with Gasteiger partial charge in [-0.15, -0.1) is 11.6 Å². The van der Waals surface area contributed by atoms with E-state index in [1.807, 2.05) is 0 Å². The van der Waals surface area contributed by atoms with Crippen molar-refractivity contribution in [3.05, 3.63) is 6.43 Å². The predicted octanol–water partition coefficient (Wildman–Crippen LogP) is 2.58. The molecule has 0 bridgehead atoms. The smallest absolute Gasteiger partial charge is 0.198 e. The Morgan fingerprint density at radius 1 is 1.22 bits per heavy atom. The largest absolute Gasteiger partial charge is 0.411 e. The van der Waals surface area contributed by atoms with Gasteiger partial charge in [-0.05, 0) is 0 Å². The van der Waals surface area contributed by atoms with Crippen molar-refractivity contribution < 1.29 is 22.0 Å². The molecule has 1 atom stereocenters. The maximum Gasteiger partial charge on any atom is 0.411 e. The van der Waals surface area contributed by atoms with E-state index in [0.717, 1.165) is 0 Å². The fourth-order valence-corrected chi connectivity index (χ4v) is 0.124. The van der Waals surface area contributed by atoms with Crippen molar-refractivity contribution >= 4 is 11.6 Å². The van der Waals surface area contributed by atoms with Crippen LogP contribution in [0.3, 0.4) is 0 Å². The fourth-order valence-electron chi connectivity index (χ4n) is 0.124. The van der Waals surface area contributed by atoms with E-state index in [9.17, 15) is 22.0 Å². The van der Waals surface area contributed by atoms with Crippen molar-refractivity contribution in [3.63, 3.8) is 0 Å². The minimum absolute atomic E-state index is 2.83. The van der Waals surface area contributed by atoms with Gasteiger partial charge in [-0.3, -0.25) is 0 Å². The van der Waals surface area contributed by atoms with Gasteiger partial charge in [-0.1, -0.05) is 0 Å². The van der Waals surface area contributed by atoms with Crippen LogP contribution < -0.4 is 0 Å². The van der Waals surface area contributed by atoms with Gasteiger partial charge in [0.25, 0.3) is 0 Å². The zero-order chi connectivity index (χ0) is 7.65. The normalized spacial score (nSPS) is 16.3. The zero-order valence-corrected chi connectivity index (χ0v) is 4.60. The number of halogens is 6. The first kappa shape index (κ1) is 8.94. The summed E-state index contributed by atoms with van der Waals surface area (Å²) in [6.45, 7) is 0. The first-order valence-corrected chi connectivity index (χ1v) is 2.18. The van der Waals surface area contributed by atoms with E-state index < -0.39 is 18.0 Å². The lowest BCUT2D eigenvalue weighted by molar-refractivity contribution is -0.138. The third kappa shape index (κ3) is 2.84. The average Bonchev–Trinajstić information content (AvgIpc) is 1.62. The van der Waals surface area contributed by atoms with Crippen molar-refractivity contribution in [2.75, 3.05) is 0 Å². The summed E-state index contributed by atoms with van der Waals surface area (Å²) in [6, 6.07) is 0. The molecule has 0 aromatic heterocycles. The van der Waals surface area contributed by atoms with E-state index in [0.29, 0.717) is 0 Å². The van der Waals surface area contributed by atoms with Gasteiger partial charge < -0.3 is 0 Å². The molecule has 0 aromatic carbocycles. The van der Waals surface area contributed by atoms with E-state index in [2.05, 4.69) is 11.6 Å². The highest BCUT2D eigenvalue weighted by Gasteiger charge is 2.45. The summed E-state index contributed by atoms with van der Waals surface area (Å²) < 4.78 is 55.2. The minimum atomic E-state index is -5.04. The third-order valence-electron chi connectivity index (χ3n) is 0.479. The molecule has 0 spiro atoms. The summed E-state index contributed by atoms with van der Waals surface area (Å²) >= 11 is 4.18. The number of alkyl halides is 4. The Bertz CT molecular complexity index is 86.7. The molecule has 0 amide bonds. The molecule has 9 heavy (non-hydrogen) atoms. The molecule has 0 saturated carbocycles. The molecule has 0 saturated heterocycles. The molecule has 55 valence electrons. The molecule has 0 nitrogen and oxygen atoms in total. The maximum atomic E-state index is 11.1. The van der Waals surface area contributed by atoms with Crippen molar-refractivity contribution in [1.82, 2.24) is 0 Å². The van der Waals surface area contributed by atoms with Gasteiger partial charge in [0.1, 0.15) is 0 Å². The summed E-state index contributed by atoms with van der Waals surface area (Å²) in [6.07, 6.45) is -7.87. The molecule has 1 radical (unpaired) electrons. The van der Waals surface area contributed by atoms with Crippen molar-refractivity contribution in [2.45, 2.75) is 11.6 Å². The monoisotopic (exact) mass is 167 g/mol. The quantitative estimate of drug-likeness (QED) is 0.416. The number of rotatable bonds is 1. The SMILES string of the molecule is F[C](F)C(Cl)C(F)(F)F. The molecule has 0 aliphatic carbocycles. The Morgan fingerprint density at radius 3 is 1.56 bits per heavy atom. The summed E-state index contributed by atoms with van der Waals surface area (Å²) in [4.78, 5) is 0. The van der Waals surface area contributed by atoms with Crippen molar-refractivity contribution in [1.29, 1.82) is 0 Å². The first-order chi connectivity index (χ1) is 3.85. The second-order valence-electron chi connectivity index (χ2n) is 1.19. The van der Waals surface area contributed by atoms with Crippen molar-refractivity contribution in [2.24, 2.45) is 0 Å². The van der Waals surface area contributed by atoms with Gasteiger partial charge in [0, 0.05) is 0 Å². The molecular formula is C3HClF5. The third-order valence-corrected chi connectivity index (χ3v) is 0.891. The molecule has 0 aliphatic rings. The van der Waals surface area contributed by atoms with Crippen LogP contribution in [-0.4, -0.2) is 11.6 Å². The Morgan fingerprint density at radius 2 is 1.56 bits per heavy atom. The molecule has 0 heterocycles. The molecule has 1 unspecified atom stereocenters. The van der Waals surface area contributed by atoms with E-state index in [1.54, 1.807) is 0 Å². The van der Waals surface area contributed by atoms with Crippen LogP contribution >= 0.6 is 11.6 Å². The molecule has 0 fully saturated rings. The highest BCUT2D eigenvalue weighted by molar-refractivity contribution is 6.22. The minimum Gasteiger partial charge on any atom is -0.198 e. The lowest BCUT2D eigenvalue weighted by Crippen LogP contribution is -2.25. The van der Waals surface area contributed by atoms with Crippen LogP contribution in [0.25, 0.3) is 0 Å². The van der Waals surface area contributed by atoms with Gasteiger partial charge in [-0.2, -0.15) is 22.0 Å². The van der Waals surface area contributed by atoms with E-state index >= 15 is 0 Å². The summed E-state index contributed by atoms with van der Waals surface area (Å²) in [7, 11) is 0. The Labute approximate surface area is 52.6 Å². The Hall–Kier alpha value is -0.0600. The van der Waals surface area contributed by atoms with E-state index in [-0.39, 0.29) is 0 Å². The highest BCUT2D eigenvalue weighted by atomic mass is 35.5. The molecular weight excluding hydrogens is 166 g/mol. The summed E-state index contributed by atoms with van der Waals surface area (Å²) in [5.74, 6) is 0. The van der Waals surface area contributed by atoms with Gasteiger partial charge in [0.15, 0.2) is 5.38 Å². The Balaban J connectivity index is 3.88. The molecule has 0 rings (SSSR count). The number of hydrogen-bond donors (Lipinski definition) is 0. The lowest BCUT2D eigenvalue weighted by Gasteiger charge is -2.09. The van der Waals surface area contributed by atoms with Crippen molar-refractivity contribution in [3.8, 4) is 0 Å².